The van der Waals surface area contributed by atoms with E-state index >= 15 is 0 Å². The molecule has 0 saturated heterocycles. The van der Waals surface area contributed by atoms with Gasteiger partial charge in [0.25, 0.3) is 0 Å². The molecule has 234 valence electrons. The van der Waals surface area contributed by atoms with Crippen molar-refractivity contribution in [3.8, 4) is 56.4 Å². The molecule has 0 aliphatic heterocycles. The number of benzene rings is 7. The first-order chi connectivity index (χ1) is 24.7. The number of para-hydroxylation sites is 1. The van der Waals surface area contributed by atoms with Gasteiger partial charge in [-0.1, -0.05) is 115 Å². The van der Waals surface area contributed by atoms with E-state index in [1.165, 1.54) is 25.7 Å². The van der Waals surface area contributed by atoms with E-state index in [-0.39, 0.29) is 0 Å². The normalized spacial score (nSPS) is 11.6. The smallest absolute Gasteiger partial charge is 0.164 e. The molecular weight excluding hydrogens is 631 g/mol. The van der Waals surface area contributed by atoms with E-state index in [1.54, 1.807) is 11.3 Å². The Balaban J connectivity index is 1.17. The van der Waals surface area contributed by atoms with Crippen LogP contribution in [0, 0.1) is 0 Å². The van der Waals surface area contributed by atoms with E-state index < -0.39 is 0 Å². The number of fused-ring (bicyclic) bond motifs is 6. The molecule has 0 saturated carbocycles. The minimum atomic E-state index is 0.593. The van der Waals surface area contributed by atoms with Crippen molar-refractivity contribution in [1.82, 2.24) is 15.0 Å². The van der Waals surface area contributed by atoms with Crippen molar-refractivity contribution in [3.63, 3.8) is 0 Å². The number of nitrogens with zero attached hydrogens (tertiary/aromatic N) is 3. The molecule has 3 heterocycles. The number of furan rings is 1. The van der Waals surface area contributed by atoms with Crippen molar-refractivity contribution in [2.45, 2.75) is 0 Å². The summed E-state index contributed by atoms with van der Waals surface area (Å²) >= 11 is 1.80. The van der Waals surface area contributed by atoms with Crippen LogP contribution in [0.1, 0.15) is 0 Å². The summed E-state index contributed by atoms with van der Waals surface area (Å²) in [5, 5.41) is 4.60. The van der Waals surface area contributed by atoms with Gasteiger partial charge in [-0.15, -0.1) is 11.3 Å². The average Bonchev–Trinajstić information content (AvgIpc) is 3.76. The third-order valence-corrected chi connectivity index (χ3v) is 10.5. The van der Waals surface area contributed by atoms with Gasteiger partial charge in [-0.25, -0.2) is 15.0 Å². The predicted molar refractivity (Wildman–Crippen MR) is 207 cm³/mol. The topological polar surface area (TPSA) is 51.8 Å². The Morgan fingerprint density at radius 3 is 1.84 bits per heavy atom. The van der Waals surface area contributed by atoms with Gasteiger partial charge >= 0.3 is 0 Å². The van der Waals surface area contributed by atoms with E-state index in [0.29, 0.717) is 17.5 Å². The van der Waals surface area contributed by atoms with Crippen molar-refractivity contribution in [3.05, 3.63) is 164 Å². The molecule has 0 aliphatic rings. The van der Waals surface area contributed by atoms with E-state index in [4.69, 9.17) is 19.4 Å². The second-order valence-electron chi connectivity index (χ2n) is 12.4. The highest BCUT2D eigenvalue weighted by Crippen LogP contribution is 2.38. The molecule has 0 radical (unpaired) electrons. The monoisotopic (exact) mass is 657 g/mol. The van der Waals surface area contributed by atoms with Crippen molar-refractivity contribution in [1.29, 1.82) is 0 Å². The van der Waals surface area contributed by atoms with Gasteiger partial charge in [-0.2, -0.15) is 0 Å². The maximum Gasteiger partial charge on any atom is 0.164 e. The van der Waals surface area contributed by atoms with Crippen LogP contribution in [-0.4, -0.2) is 15.0 Å². The molecule has 0 bridgehead atoms. The lowest BCUT2D eigenvalue weighted by atomic mass is 9.95. The predicted octanol–water partition coefficient (Wildman–Crippen LogP) is 12.5. The van der Waals surface area contributed by atoms with Crippen molar-refractivity contribution in [2.75, 3.05) is 0 Å². The average molecular weight is 658 g/mol. The van der Waals surface area contributed by atoms with E-state index in [2.05, 4.69) is 127 Å². The second kappa shape index (κ2) is 11.6. The number of rotatable bonds is 5. The molecule has 0 aliphatic carbocycles. The zero-order valence-electron chi connectivity index (χ0n) is 26.7. The van der Waals surface area contributed by atoms with Crippen LogP contribution in [0.25, 0.3) is 98.5 Å². The molecule has 7 aromatic carbocycles. The van der Waals surface area contributed by atoms with Crippen LogP contribution in [0.4, 0.5) is 0 Å². The van der Waals surface area contributed by atoms with Crippen LogP contribution in [0.5, 0.6) is 0 Å². The highest BCUT2D eigenvalue weighted by molar-refractivity contribution is 7.25. The number of hydrogen-bond donors (Lipinski definition) is 0. The molecule has 3 aromatic heterocycles. The Morgan fingerprint density at radius 1 is 0.340 bits per heavy atom. The van der Waals surface area contributed by atoms with E-state index in [1.807, 2.05) is 36.4 Å². The minimum absolute atomic E-state index is 0.593. The van der Waals surface area contributed by atoms with Gasteiger partial charge in [0.1, 0.15) is 11.2 Å². The van der Waals surface area contributed by atoms with Gasteiger partial charge in [0.15, 0.2) is 17.5 Å². The van der Waals surface area contributed by atoms with Gasteiger partial charge in [0, 0.05) is 47.6 Å². The number of aromatic nitrogens is 3. The molecule has 0 unspecified atom stereocenters. The third-order valence-electron chi connectivity index (χ3n) is 9.36. The van der Waals surface area contributed by atoms with Crippen LogP contribution in [0.2, 0.25) is 0 Å². The fraction of sp³-hybridized carbons (Fsp3) is 0. The number of hydrogen-bond acceptors (Lipinski definition) is 5. The van der Waals surface area contributed by atoms with Crippen LogP contribution in [-0.2, 0) is 0 Å². The standard InChI is InChI=1S/C45H27N3OS/c1-2-11-28(12-3-1)29-13-10-14-30(25-29)33-15-4-5-18-37(33)45-47-43(31-22-24-42-38(26-31)36-17-7-9-20-41(36)50-42)46-44(48-45)32-21-23-35-34-16-6-8-19-39(34)49-40(35)27-32/h1-27H. The molecule has 0 atom stereocenters. The van der Waals surface area contributed by atoms with Crippen LogP contribution in [0.3, 0.4) is 0 Å². The first-order valence-electron chi connectivity index (χ1n) is 16.6. The Labute approximate surface area is 292 Å². The zero-order valence-corrected chi connectivity index (χ0v) is 27.6. The van der Waals surface area contributed by atoms with E-state index in [9.17, 15) is 0 Å². The molecule has 50 heavy (non-hydrogen) atoms. The Kier molecular flexibility index (Phi) is 6.64. The lowest BCUT2D eigenvalue weighted by molar-refractivity contribution is 0.669. The first kappa shape index (κ1) is 28.6. The summed E-state index contributed by atoms with van der Waals surface area (Å²) in [6.07, 6.45) is 0. The third kappa shape index (κ3) is 4.87. The Morgan fingerprint density at radius 2 is 0.960 bits per heavy atom. The summed E-state index contributed by atoms with van der Waals surface area (Å²) in [6.45, 7) is 0. The summed E-state index contributed by atoms with van der Waals surface area (Å²) < 4.78 is 8.78. The Hall–Kier alpha value is -6.43. The molecule has 0 amide bonds. The molecule has 10 rings (SSSR count). The fourth-order valence-electron chi connectivity index (χ4n) is 6.91. The lowest BCUT2D eigenvalue weighted by Crippen LogP contribution is -2.01. The van der Waals surface area contributed by atoms with Gasteiger partial charge in [0.05, 0.1) is 0 Å². The maximum absolute atomic E-state index is 6.28. The van der Waals surface area contributed by atoms with Crippen LogP contribution >= 0.6 is 11.3 Å². The fourth-order valence-corrected chi connectivity index (χ4v) is 8.00. The van der Waals surface area contributed by atoms with Gasteiger partial charge in [0.2, 0.25) is 0 Å². The zero-order chi connectivity index (χ0) is 33.0. The molecule has 0 fully saturated rings. The quantitative estimate of drug-likeness (QED) is 0.185. The van der Waals surface area contributed by atoms with E-state index in [0.717, 1.165) is 55.3 Å². The molecule has 0 N–H and O–H groups in total. The largest absolute Gasteiger partial charge is 0.456 e. The highest BCUT2D eigenvalue weighted by atomic mass is 32.1. The lowest BCUT2D eigenvalue weighted by Gasteiger charge is -2.13. The molecule has 0 spiro atoms. The van der Waals surface area contributed by atoms with Gasteiger partial charge < -0.3 is 4.42 Å². The first-order valence-corrected chi connectivity index (χ1v) is 17.4. The summed E-state index contributed by atoms with van der Waals surface area (Å²) in [7, 11) is 0. The highest BCUT2D eigenvalue weighted by Gasteiger charge is 2.18. The van der Waals surface area contributed by atoms with Crippen molar-refractivity contribution >= 4 is 53.4 Å². The summed E-state index contributed by atoms with van der Waals surface area (Å²) in [5.41, 5.74) is 8.90. The second-order valence-corrected chi connectivity index (χ2v) is 13.5. The molecule has 10 aromatic rings. The molecule has 4 nitrogen and oxygen atoms in total. The van der Waals surface area contributed by atoms with Gasteiger partial charge in [-0.3, -0.25) is 0 Å². The molecular formula is C45H27N3OS. The maximum atomic E-state index is 6.28. The Bertz CT molecular complexity index is 2890. The summed E-state index contributed by atoms with van der Waals surface area (Å²) in [5.74, 6) is 1.83. The SMILES string of the molecule is c1ccc(-c2cccc(-c3ccccc3-c3nc(-c4ccc5c(c4)oc4ccccc45)nc(-c4ccc5sc6ccccc6c5c4)n3)c2)cc1. The van der Waals surface area contributed by atoms with Crippen LogP contribution in [0.15, 0.2) is 168 Å². The van der Waals surface area contributed by atoms with Crippen LogP contribution < -0.4 is 0 Å². The van der Waals surface area contributed by atoms with Crippen molar-refractivity contribution in [2.24, 2.45) is 0 Å². The summed E-state index contributed by atoms with van der Waals surface area (Å²) in [6, 6.07) is 56.9. The van der Waals surface area contributed by atoms with Gasteiger partial charge in [-0.05, 0) is 70.8 Å². The minimum Gasteiger partial charge on any atom is -0.456 e. The molecule has 5 heteroatoms. The summed E-state index contributed by atoms with van der Waals surface area (Å²) in [4.78, 5) is 15.5. The van der Waals surface area contributed by atoms with Crippen molar-refractivity contribution < 1.29 is 4.42 Å². The number of thiophene rings is 1.